The molecular weight excluding hydrogens is 940 g/mol. The van der Waals surface area contributed by atoms with Gasteiger partial charge in [-0.05, 0) is 130 Å². The number of ether oxygens (including phenoxy) is 1. The zero-order valence-corrected chi connectivity index (χ0v) is 41.4. The van der Waals surface area contributed by atoms with Crippen molar-refractivity contribution < 1.29 is 40.8 Å². The standard InChI is InChI=1S/C51H60F3N9O7S/c1-33-23-37(51(52,53)54)8-11-41(33)43-27-50(2,3)16-14-36(43)31-60-19-21-61(22-20-60)38-9-12-42(46(25-38)70-39-24-35-15-17-55-48(35)57-29-39)49(65)58-71(68,69)40-10-13-44(45(26-40)63(66)67)56-28-34-7-6-18-62(30-34)47(64)32-59(4)5/h8-13,15,17,23-26,29,34,56H,6-7,14,16,18-22,27-28,30-32H2,1-5H3,(H,55,57)(H,58,65). The van der Waals surface area contributed by atoms with E-state index in [-0.39, 0.29) is 40.8 Å². The zero-order chi connectivity index (χ0) is 50.8. The number of nitrogens with zero attached hydrogens (tertiary/aromatic N) is 6. The molecule has 1 unspecified atom stereocenters. The topological polar surface area (TPSA) is 186 Å². The van der Waals surface area contributed by atoms with E-state index in [2.05, 4.69) is 43.7 Å². The van der Waals surface area contributed by atoms with E-state index in [1.54, 1.807) is 47.2 Å². The molecule has 0 spiro atoms. The first-order valence-electron chi connectivity index (χ1n) is 23.8. The maximum absolute atomic E-state index is 14.0. The summed E-state index contributed by atoms with van der Waals surface area (Å²) in [5, 5.41) is 16.1. The van der Waals surface area contributed by atoms with E-state index in [0.717, 1.165) is 54.7 Å². The number of carbonyl (C=O) groups is 2. The highest BCUT2D eigenvalue weighted by Crippen LogP contribution is 2.45. The average molecular weight is 1000 g/mol. The van der Waals surface area contributed by atoms with E-state index in [9.17, 15) is 41.3 Å². The number of likely N-dealkylation sites (tertiary alicyclic amines) is 1. The number of likely N-dealkylation sites (N-methyl/N-ethyl adjacent to an activating group) is 1. The van der Waals surface area contributed by atoms with Crippen LogP contribution in [0.3, 0.4) is 0 Å². The van der Waals surface area contributed by atoms with Crippen LogP contribution in [0.4, 0.5) is 30.2 Å². The number of benzene rings is 3. The van der Waals surface area contributed by atoms with Gasteiger partial charge in [0.15, 0.2) is 0 Å². The Morgan fingerprint density at radius 3 is 2.51 bits per heavy atom. The fraction of sp³-hybridized carbons (Fsp3) is 0.431. The summed E-state index contributed by atoms with van der Waals surface area (Å²) in [6, 6.07) is 15.8. The number of allylic oxidation sites excluding steroid dienone is 1. The van der Waals surface area contributed by atoms with Gasteiger partial charge in [0.05, 0.1) is 33.7 Å². The Morgan fingerprint density at radius 1 is 1.01 bits per heavy atom. The van der Waals surface area contributed by atoms with Crippen molar-refractivity contribution in [1.29, 1.82) is 0 Å². The minimum Gasteiger partial charge on any atom is -0.455 e. The Hall–Kier alpha value is -6.51. The summed E-state index contributed by atoms with van der Waals surface area (Å²) >= 11 is 0. The predicted molar refractivity (Wildman–Crippen MR) is 266 cm³/mol. The number of anilines is 2. The quantitative estimate of drug-likeness (QED) is 0.0670. The van der Waals surface area contributed by atoms with Gasteiger partial charge in [-0.25, -0.2) is 18.1 Å². The summed E-state index contributed by atoms with van der Waals surface area (Å²) < 4.78 is 76.8. The van der Waals surface area contributed by atoms with Crippen molar-refractivity contribution in [2.24, 2.45) is 11.3 Å². The molecular formula is C51H60F3N9O7S. The number of hydrogen-bond acceptors (Lipinski definition) is 12. The molecule has 2 aliphatic heterocycles. The summed E-state index contributed by atoms with van der Waals surface area (Å²) in [6.45, 7) is 11.1. The van der Waals surface area contributed by atoms with Crippen LogP contribution in [-0.2, 0) is 21.0 Å². The number of aryl methyl sites for hydroxylation is 1. The number of rotatable bonds is 15. The molecule has 2 fully saturated rings. The number of hydrogen-bond donors (Lipinski definition) is 3. The number of aromatic amines is 1. The minimum absolute atomic E-state index is 0.00220. The number of nitro groups is 1. The Bertz CT molecular complexity index is 2970. The summed E-state index contributed by atoms with van der Waals surface area (Å²) in [6.07, 6.45) is 2.95. The first-order chi connectivity index (χ1) is 33.6. The molecule has 20 heteroatoms. The lowest BCUT2D eigenvalue weighted by atomic mass is 9.72. The SMILES string of the molecule is Cc1cc(C(F)(F)F)ccc1C1=C(CN2CCN(c3ccc(C(=O)NS(=O)(=O)c4ccc(NCC5CCCN(C(=O)CN(C)C)C5)c([N+](=O)[O-])c4)c(Oc4cnc5[nH]ccc5c4)c3)CC2)CCC(C)(C)C1. The number of carbonyl (C=O) groups excluding carboxylic acids is 2. The first kappa shape index (κ1) is 50.9. The van der Waals surface area contributed by atoms with Gasteiger partial charge in [-0.3, -0.25) is 24.6 Å². The number of sulfonamides is 1. The molecule has 3 aliphatic rings. The van der Waals surface area contributed by atoms with E-state index in [0.29, 0.717) is 75.0 Å². The normalized spacial score (nSPS) is 18.0. The largest absolute Gasteiger partial charge is 0.455 e. The van der Waals surface area contributed by atoms with Crippen molar-refractivity contribution in [3.63, 3.8) is 0 Å². The van der Waals surface area contributed by atoms with Crippen LogP contribution in [-0.4, -0.2) is 123 Å². The number of fused-ring (bicyclic) bond motifs is 1. The van der Waals surface area contributed by atoms with Crippen molar-refractivity contribution in [3.8, 4) is 11.5 Å². The lowest BCUT2D eigenvalue weighted by Crippen LogP contribution is -2.47. The van der Waals surface area contributed by atoms with Crippen LogP contribution < -0.4 is 19.7 Å². The predicted octanol–water partition coefficient (Wildman–Crippen LogP) is 8.71. The number of nitrogens with one attached hydrogen (secondary N) is 3. The number of amides is 2. The molecule has 5 aromatic rings. The van der Waals surface area contributed by atoms with Gasteiger partial charge in [0, 0.05) is 81.8 Å². The van der Waals surface area contributed by atoms with Crippen molar-refractivity contribution in [2.45, 2.75) is 63.9 Å². The average Bonchev–Trinajstić information content (AvgIpc) is 3.79. The van der Waals surface area contributed by atoms with E-state index in [4.69, 9.17) is 4.74 Å². The molecule has 4 heterocycles. The first-order valence-corrected chi connectivity index (χ1v) is 25.2. The Morgan fingerprint density at radius 2 is 1.79 bits per heavy atom. The van der Waals surface area contributed by atoms with Crippen LogP contribution in [0, 0.1) is 28.4 Å². The Kier molecular flexibility index (Phi) is 14.8. The fourth-order valence-corrected chi connectivity index (χ4v) is 10.8. The van der Waals surface area contributed by atoms with Crippen LogP contribution in [0.5, 0.6) is 11.5 Å². The van der Waals surface area contributed by atoms with Crippen LogP contribution in [0.1, 0.15) is 73.0 Å². The lowest BCUT2D eigenvalue weighted by molar-refractivity contribution is -0.384. The van der Waals surface area contributed by atoms with Crippen molar-refractivity contribution in [1.82, 2.24) is 29.4 Å². The highest BCUT2D eigenvalue weighted by Gasteiger charge is 2.34. The molecule has 71 heavy (non-hydrogen) atoms. The molecule has 3 N–H and O–H groups in total. The molecule has 1 aliphatic carbocycles. The summed E-state index contributed by atoms with van der Waals surface area (Å²) in [7, 11) is -1.02. The highest BCUT2D eigenvalue weighted by atomic mass is 32.2. The number of piperazine rings is 1. The molecule has 0 saturated carbocycles. The molecule has 8 rings (SSSR count). The van der Waals surface area contributed by atoms with E-state index in [1.165, 1.54) is 42.1 Å². The van der Waals surface area contributed by atoms with Gasteiger partial charge >= 0.3 is 6.18 Å². The monoisotopic (exact) mass is 999 g/mol. The van der Waals surface area contributed by atoms with Crippen molar-refractivity contribution in [3.05, 3.63) is 117 Å². The molecule has 1 atom stereocenters. The smallest absolute Gasteiger partial charge is 0.416 e. The van der Waals surface area contributed by atoms with Gasteiger partial charge in [0.25, 0.3) is 21.6 Å². The van der Waals surface area contributed by atoms with Crippen LogP contribution >= 0.6 is 0 Å². The number of pyridine rings is 1. The van der Waals surface area contributed by atoms with Gasteiger partial charge in [-0.15, -0.1) is 0 Å². The summed E-state index contributed by atoms with van der Waals surface area (Å²) in [4.78, 5) is 53.3. The van der Waals surface area contributed by atoms with Gasteiger partial charge in [-0.1, -0.05) is 25.5 Å². The third-order valence-electron chi connectivity index (χ3n) is 13.6. The van der Waals surface area contributed by atoms with Crippen LogP contribution in [0.2, 0.25) is 0 Å². The molecule has 16 nitrogen and oxygen atoms in total. The molecule has 0 radical (unpaired) electrons. The second-order valence-corrected chi connectivity index (χ2v) is 21.6. The van der Waals surface area contributed by atoms with Crippen LogP contribution in [0.25, 0.3) is 16.6 Å². The number of aromatic nitrogens is 2. The summed E-state index contributed by atoms with van der Waals surface area (Å²) in [5.41, 5.74) is 3.98. The second kappa shape index (κ2) is 20.7. The fourth-order valence-electron chi connectivity index (χ4n) is 9.79. The zero-order valence-electron chi connectivity index (χ0n) is 40.6. The number of alkyl halides is 3. The number of H-pyrrole nitrogens is 1. The van der Waals surface area contributed by atoms with Crippen molar-refractivity contribution in [2.75, 3.05) is 83.2 Å². The van der Waals surface area contributed by atoms with Crippen molar-refractivity contribution >= 4 is 55.5 Å². The molecule has 2 saturated heterocycles. The van der Waals surface area contributed by atoms with E-state index >= 15 is 0 Å². The maximum Gasteiger partial charge on any atom is 0.416 e. The number of halogens is 3. The van der Waals surface area contributed by atoms with E-state index in [1.807, 2.05) is 20.2 Å². The minimum atomic E-state index is -4.66. The Labute approximate surface area is 411 Å². The summed E-state index contributed by atoms with van der Waals surface area (Å²) in [5.74, 6) is -0.656. The third-order valence-corrected chi connectivity index (χ3v) is 15.0. The van der Waals surface area contributed by atoms with Gasteiger partial charge in [0.1, 0.15) is 22.8 Å². The van der Waals surface area contributed by atoms with Gasteiger partial charge in [-0.2, -0.15) is 13.2 Å². The number of piperidine rings is 1. The number of nitro benzene ring substituents is 1. The molecule has 2 aromatic heterocycles. The molecule has 0 bridgehead atoms. The third kappa shape index (κ3) is 12.2. The maximum atomic E-state index is 14.0. The lowest BCUT2D eigenvalue weighted by Gasteiger charge is -2.39. The molecule has 2 amide bonds. The highest BCUT2D eigenvalue weighted by molar-refractivity contribution is 7.90. The van der Waals surface area contributed by atoms with E-state index < -0.39 is 43.2 Å². The Balaban J connectivity index is 0.984. The second-order valence-electron chi connectivity index (χ2n) is 19.9. The van der Waals surface area contributed by atoms with Gasteiger partial charge < -0.3 is 29.7 Å². The molecule has 378 valence electrons. The van der Waals surface area contributed by atoms with Crippen LogP contribution in [0.15, 0.2) is 89.6 Å². The molecule has 3 aromatic carbocycles. The van der Waals surface area contributed by atoms with Gasteiger partial charge in [0.2, 0.25) is 5.91 Å².